The van der Waals surface area contributed by atoms with E-state index in [9.17, 15) is 0 Å². The Bertz CT molecular complexity index is 876. The highest BCUT2D eigenvalue weighted by molar-refractivity contribution is 6.31. The Morgan fingerprint density at radius 3 is 2.52 bits per heavy atom. The average Bonchev–Trinajstić information content (AvgIpc) is 2.97. The van der Waals surface area contributed by atoms with Gasteiger partial charge in [0.25, 0.3) is 0 Å². The van der Waals surface area contributed by atoms with Crippen molar-refractivity contribution in [1.29, 1.82) is 0 Å². The fraction of sp³-hybridized carbons (Fsp3) is 0.316. The van der Waals surface area contributed by atoms with Gasteiger partial charge in [0.15, 0.2) is 11.5 Å². The molecule has 1 N–H and O–H groups in total. The molecule has 0 unspecified atom stereocenters. The molecule has 0 fully saturated rings. The van der Waals surface area contributed by atoms with Gasteiger partial charge in [-0.2, -0.15) is 0 Å². The van der Waals surface area contributed by atoms with Crippen molar-refractivity contribution in [3.05, 3.63) is 52.8 Å². The van der Waals surface area contributed by atoms with E-state index in [1.165, 1.54) is 0 Å². The third kappa shape index (κ3) is 3.57. The molecule has 25 heavy (non-hydrogen) atoms. The van der Waals surface area contributed by atoms with Crippen LogP contribution in [0.1, 0.15) is 11.4 Å². The van der Waals surface area contributed by atoms with Crippen molar-refractivity contribution in [2.24, 2.45) is 0 Å². The summed E-state index contributed by atoms with van der Waals surface area (Å²) >= 11 is 6.36. The second-order valence-corrected chi connectivity index (χ2v) is 6.16. The minimum Gasteiger partial charge on any atom is -0.493 e. The first kappa shape index (κ1) is 17.6. The fourth-order valence-corrected chi connectivity index (χ4v) is 3.10. The van der Waals surface area contributed by atoms with Gasteiger partial charge in [-0.3, -0.25) is 0 Å². The Morgan fingerprint density at radius 1 is 1.12 bits per heavy atom. The molecule has 0 aliphatic rings. The smallest absolute Gasteiger partial charge is 0.163 e. The number of nitrogens with one attached hydrogen (secondary N) is 1. The van der Waals surface area contributed by atoms with E-state index in [2.05, 4.69) is 9.88 Å². The van der Waals surface area contributed by atoms with Crippen LogP contribution in [0.5, 0.6) is 11.5 Å². The van der Waals surface area contributed by atoms with E-state index >= 15 is 0 Å². The summed E-state index contributed by atoms with van der Waals surface area (Å²) in [6, 6.07) is 11.8. The van der Waals surface area contributed by atoms with Crippen LogP contribution in [0.3, 0.4) is 0 Å². The summed E-state index contributed by atoms with van der Waals surface area (Å²) in [5.74, 6) is 2.37. The number of benzene rings is 2. The molecule has 6 heteroatoms. The zero-order valence-electron chi connectivity index (χ0n) is 14.7. The zero-order valence-corrected chi connectivity index (χ0v) is 15.4. The molecule has 1 aromatic heterocycles. The standard InChI is InChI=1S/C19H22ClN3O2/c1-21-9-8-19-22-15-10-17(24-2)18(25-3)11-16(15)23(19)12-13-6-4-5-7-14(13)20/h4-7,10-11,21H,8-9,12H2,1-3H3. The summed E-state index contributed by atoms with van der Waals surface area (Å²) in [4.78, 5) is 4.80. The Labute approximate surface area is 152 Å². The van der Waals surface area contributed by atoms with Crippen LogP contribution in [0.25, 0.3) is 11.0 Å². The molecule has 132 valence electrons. The predicted molar refractivity (Wildman–Crippen MR) is 101 cm³/mol. The first-order chi connectivity index (χ1) is 12.2. The number of aromatic nitrogens is 2. The van der Waals surface area contributed by atoms with Gasteiger partial charge in [-0.05, 0) is 18.7 Å². The van der Waals surface area contributed by atoms with Crippen molar-refractivity contribution in [1.82, 2.24) is 14.9 Å². The molecule has 0 spiro atoms. The summed E-state index contributed by atoms with van der Waals surface area (Å²) in [5.41, 5.74) is 2.95. The average molecular weight is 360 g/mol. The largest absolute Gasteiger partial charge is 0.493 e. The molecule has 5 nitrogen and oxygen atoms in total. The Kier molecular flexibility index (Phi) is 5.46. The minimum atomic E-state index is 0.657. The molecule has 0 amide bonds. The van der Waals surface area contributed by atoms with E-state index in [0.29, 0.717) is 18.0 Å². The molecule has 1 heterocycles. The van der Waals surface area contributed by atoms with Gasteiger partial charge in [-0.1, -0.05) is 29.8 Å². The highest BCUT2D eigenvalue weighted by Gasteiger charge is 2.16. The van der Waals surface area contributed by atoms with Gasteiger partial charge in [0.2, 0.25) is 0 Å². The van der Waals surface area contributed by atoms with E-state index in [0.717, 1.165) is 40.4 Å². The number of likely N-dealkylation sites (N-methyl/N-ethyl adjacent to an activating group) is 1. The third-order valence-corrected chi connectivity index (χ3v) is 4.59. The van der Waals surface area contributed by atoms with Gasteiger partial charge >= 0.3 is 0 Å². The van der Waals surface area contributed by atoms with Gasteiger partial charge in [-0.25, -0.2) is 4.98 Å². The summed E-state index contributed by atoms with van der Waals surface area (Å²) < 4.78 is 13.1. The lowest BCUT2D eigenvalue weighted by Gasteiger charge is -2.12. The maximum atomic E-state index is 6.36. The molecular weight excluding hydrogens is 338 g/mol. The van der Waals surface area contributed by atoms with Crippen LogP contribution < -0.4 is 14.8 Å². The number of hydrogen-bond donors (Lipinski definition) is 1. The SMILES string of the molecule is CNCCc1nc2cc(OC)c(OC)cc2n1Cc1ccccc1Cl. The van der Waals surface area contributed by atoms with Crippen molar-refractivity contribution in [3.8, 4) is 11.5 Å². The van der Waals surface area contributed by atoms with E-state index in [1.54, 1.807) is 14.2 Å². The van der Waals surface area contributed by atoms with Crippen LogP contribution in [0.2, 0.25) is 5.02 Å². The molecule has 0 saturated heterocycles. The van der Waals surface area contributed by atoms with Crippen molar-refractivity contribution < 1.29 is 9.47 Å². The Hall–Kier alpha value is -2.24. The van der Waals surface area contributed by atoms with Crippen molar-refractivity contribution in [2.75, 3.05) is 27.8 Å². The maximum Gasteiger partial charge on any atom is 0.163 e. The summed E-state index contributed by atoms with van der Waals surface area (Å²) in [7, 11) is 5.21. The van der Waals surface area contributed by atoms with Crippen molar-refractivity contribution >= 4 is 22.6 Å². The van der Waals surface area contributed by atoms with E-state index in [-0.39, 0.29) is 0 Å². The minimum absolute atomic E-state index is 0.657. The van der Waals surface area contributed by atoms with Crippen LogP contribution in [-0.2, 0) is 13.0 Å². The molecule has 2 aromatic carbocycles. The summed E-state index contributed by atoms with van der Waals surface area (Å²) in [6.45, 7) is 1.50. The predicted octanol–water partition coefficient (Wildman–Crippen LogP) is 3.52. The lowest BCUT2D eigenvalue weighted by atomic mass is 10.2. The van der Waals surface area contributed by atoms with Gasteiger partial charge in [-0.15, -0.1) is 0 Å². The highest BCUT2D eigenvalue weighted by atomic mass is 35.5. The van der Waals surface area contributed by atoms with Gasteiger partial charge < -0.3 is 19.4 Å². The lowest BCUT2D eigenvalue weighted by molar-refractivity contribution is 0.355. The summed E-state index contributed by atoms with van der Waals surface area (Å²) in [6.07, 6.45) is 0.820. The van der Waals surface area contributed by atoms with Crippen LogP contribution in [0.15, 0.2) is 36.4 Å². The molecular formula is C19H22ClN3O2. The lowest BCUT2D eigenvalue weighted by Crippen LogP contribution is -2.14. The normalized spacial score (nSPS) is 11.0. The van der Waals surface area contributed by atoms with E-state index in [4.69, 9.17) is 26.1 Å². The topological polar surface area (TPSA) is 48.3 Å². The monoisotopic (exact) mass is 359 g/mol. The molecule has 0 saturated carbocycles. The van der Waals surface area contributed by atoms with E-state index in [1.807, 2.05) is 43.4 Å². The Morgan fingerprint density at radius 2 is 1.84 bits per heavy atom. The van der Waals surface area contributed by atoms with Gasteiger partial charge in [0.1, 0.15) is 5.82 Å². The van der Waals surface area contributed by atoms with Crippen molar-refractivity contribution in [3.63, 3.8) is 0 Å². The van der Waals surface area contributed by atoms with E-state index < -0.39 is 0 Å². The number of hydrogen-bond acceptors (Lipinski definition) is 4. The number of methoxy groups -OCH3 is 2. The van der Waals surface area contributed by atoms with Gasteiger partial charge in [0, 0.05) is 30.1 Å². The second kappa shape index (κ2) is 7.76. The van der Waals surface area contributed by atoms with Crippen molar-refractivity contribution in [2.45, 2.75) is 13.0 Å². The number of halogens is 1. The van der Waals surface area contributed by atoms with Crippen LogP contribution >= 0.6 is 11.6 Å². The van der Waals surface area contributed by atoms with Crippen LogP contribution in [-0.4, -0.2) is 37.4 Å². The molecule has 0 atom stereocenters. The number of imidazole rings is 1. The van der Waals surface area contributed by atoms with Gasteiger partial charge in [0.05, 0.1) is 31.8 Å². The first-order valence-electron chi connectivity index (χ1n) is 8.17. The molecule has 0 radical (unpaired) electrons. The number of rotatable bonds is 7. The molecule has 3 aromatic rings. The summed E-state index contributed by atoms with van der Waals surface area (Å²) in [5, 5.41) is 3.93. The third-order valence-electron chi connectivity index (χ3n) is 4.22. The fourth-order valence-electron chi connectivity index (χ4n) is 2.90. The Balaban J connectivity index is 2.13. The second-order valence-electron chi connectivity index (χ2n) is 5.76. The number of fused-ring (bicyclic) bond motifs is 1. The first-order valence-corrected chi connectivity index (χ1v) is 8.55. The zero-order chi connectivity index (χ0) is 17.8. The number of nitrogens with zero attached hydrogens (tertiary/aromatic N) is 2. The van der Waals surface area contributed by atoms with Crippen LogP contribution in [0, 0.1) is 0 Å². The van der Waals surface area contributed by atoms with Crippen LogP contribution in [0.4, 0.5) is 0 Å². The molecule has 3 rings (SSSR count). The highest BCUT2D eigenvalue weighted by Crippen LogP contribution is 2.33. The maximum absolute atomic E-state index is 6.36. The molecule has 0 aliphatic heterocycles. The molecule has 0 bridgehead atoms. The number of ether oxygens (including phenoxy) is 2. The quantitative estimate of drug-likeness (QED) is 0.701. The molecule has 0 aliphatic carbocycles.